The van der Waals surface area contributed by atoms with Crippen LogP contribution >= 0.6 is 0 Å². The quantitative estimate of drug-likeness (QED) is 0.782. The van der Waals surface area contributed by atoms with Crippen molar-refractivity contribution in [1.29, 1.82) is 0 Å². The van der Waals surface area contributed by atoms with Gasteiger partial charge in [-0.15, -0.1) is 0 Å². The fourth-order valence-electron chi connectivity index (χ4n) is 3.76. The van der Waals surface area contributed by atoms with E-state index < -0.39 is 17.7 Å². The number of hydrazone groups is 1. The fourth-order valence-corrected chi connectivity index (χ4v) is 3.76. The van der Waals surface area contributed by atoms with Crippen LogP contribution in [-0.2, 0) is 0 Å². The van der Waals surface area contributed by atoms with Gasteiger partial charge in [-0.1, -0.05) is 0 Å². The predicted molar refractivity (Wildman–Crippen MR) is 113 cm³/mol. The van der Waals surface area contributed by atoms with E-state index in [0.29, 0.717) is 50.7 Å². The Labute approximate surface area is 183 Å². The van der Waals surface area contributed by atoms with Crippen LogP contribution in [0, 0.1) is 11.6 Å². The molecule has 32 heavy (non-hydrogen) atoms. The first-order valence-corrected chi connectivity index (χ1v) is 10.4. The van der Waals surface area contributed by atoms with Crippen LogP contribution in [0.2, 0.25) is 0 Å². The van der Waals surface area contributed by atoms with Gasteiger partial charge in [0.1, 0.15) is 17.3 Å². The Balaban J connectivity index is 1.41. The maximum atomic E-state index is 13.7. The number of carbonyl (C=O) groups is 2. The zero-order valence-corrected chi connectivity index (χ0v) is 17.5. The molecule has 1 aromatic carbocycles. The van der Waals surface area contributed by atoms with E-state index in [1.165, 1.54) is 23.3 Å². The maximum Gasteiger partial charge on any atom is 0.341 e. The third-order valence-corrected chi connectivity index (χ3v) is 5.34. The second-order valence-electron chi connectivity index (χ2n) is 7.45. The number of benzene rings is 1. The monoisotopic (exact) mass is 443 g/mol. The number of amides is 3. The van der Waals surface area contributed by atoms with Gasteiger partial charge in [-0.05, 0) is 30.7 Å². The number of piperazine rings is 1. The topological polar surface area (TPSA) is 94.0 Å². The van der Waals surface area contributed by atoms with Gasteiger partial charge < -0.3 is 15.1 Å². The van der Waals surface area contributed by atoms with E-state index in [1.807, 2.05) is 11.8 Å². The normalized spacial score (nSPS) is 18.2. The van der Waals surface area contributed by atoms with Crippen LogP contribution in [0.15, 0.2) is 35.6 Å². The molecular formula is C21H23F2N7O2. The summed E-state index contributed by atoms with van der Waals surface area (Å²) in [6, 6.07) is 3.91. The lowest BCUT2D eigenvalue weighted by Gasteiger charge is -2.37. The zero-order valence-electron chi connectivity index (χ0n) is 17.5. The number of hydrogen-bond acceptors (Lipinski definition) is 6. The van der Waals surface area contributed by atoms with Gasteiger partial charge in [-0.3, -0.25) is 4.79 Å². The highest BCUT2D eigenvalue weighted by Crippen LogP contribution is 2.30. The number of hydrogen-bond donors (Lipinski definition) is 1. The molecular weight excluding hydrogens is 420 g/mol. The van der Waals surface area contributed by atoms with Crippen LogP contribution < -0.4 is 10.2 Å². The standard InChI is InChI=1S/C21H23F2N7O2/c1-2-24-19(31)17-3-5-25-20(27-17)28-7-9-29(10-8-28)21(32)30-18(4-6-26-30)14-11-15(22)13-16(23)12-14/h3,5-6,11-13,18H,2,4,7-10H2,1H3,(H,24,31)/t18-/m0/s1. The molecule has 11 heteroatoms. The number of carbonyl (C=O) groups excluding carboxylic acids is 2. The Morgan fingerprint density at radius 3 is 2.53 bits per heavy atom. The number of urea groups is 1. The molecule has 1 fully saturated rings. The Morgan fingerprint density at radius 1 is 1.12 bits per heavy atom. The minimum Gasteiger partial charge on any atom is -0.351 e. The minimum absolute atomic E-state index is 0.267. The summed E-state index contributed by atoms with van der Waals surface area (Å²) < 4.78 is 27.3. The van der Waals surface area contributed by atoms with Crippen molar-refractivity contribution in [3.63, 3.8) is 0 Å². The van der Waals surface area contributed by atoms with Crippen LogP contribution in [0.1, 0.15) is 35.4 Å². The maximum absolute atomic E-state index is 13.7. The van der Waals surface area contributed by atoms with Gasteiger partial charge in [0.05, 0.1) is 6.04 Å². The molecule has 2 aliphatic heterocycles. The van der Waals surface area contributed by atoms with Crippen molar-refractivity contribution >= 4 is 24.1 Å². The Morgan fingerprint density at radius 2 is 1.84 bits per heavy atom. The van der Waals surface area contributed by atoms with Gasteiger partial charge in [0.2, 0.25) is 5.95 Å². The molecule has 0 aliphatic carbocycles. The van der Waals surface area contributed by atoms with Crippen molar-refractivity contribution in [3.05, 3.63) is 53.4 Å². The molecule has 4 rings (SSSR count). The summed E-state index contributed by atoms with van der Waals surface area (Å²) in [5.74, 6) is -1.23. The smallest absolute Gasteiger partial charge is 0.341 e. The molecule has 168 valence electrons. The molecule has 0 saturated carbocycles. The summed E-state index contributed by atoms with van der Waals surface area (Å²) in [5.41, 5.74) is 0.648. The number of nitrogens with zero attached hydrogens (tertiary/aromatic N) is 6. The molecule has 1 aromatic heterocycles. The summed E-state index contributed by atoms with van der Waals surface area (Å²) in [4.78, 5) is 37.2. The lowest BCUT2D eigenvalue weighted by Crippen LogP contribution is -2.52. The number of nitrogens with one attached hydrogen (secondary N) is 1. The highest BCUT2D eigenvalue weighted by Gasteiger charge is 2.33. The van der Waals surface area contributed by atoms with Crippen molar-refractivity contribution in [2.24, 2.45) is 5.10 Å². The number of anilines is 1. The molecule has 2 aromatic rings. The first kappa shape index (κ1) is 21.6. The average Bonchev–Trinajstić information content (AvgIpc) is 3.28. The summed E-state index contributed by atoms with van der Waals surface area (Å²) in [6.45, 7) is 4.06. The molecule has 0 bridgehead atoms. The van der Waals surface area contributed by atoms with Crippen molar-refractivity contribution in [3.8, 4) is 0 Å². The SMILES string of the molecule is CCNC(=O)c1ccnc(N2CCN(C(=O)N3N=CC[C@H]3c3cc(F)cc(F)c3)CC2)n1. The van der Waals surface area contributed by atoms with Gasteiger partial charge in [-0.25, -0.2) is 28.6 Å². The number of halogens is 2. The molecule has 0 unspecified atom stereocenters. The first-order valence-electron chi connectivity index (χ1n) is 10.4. The van der Waals surface area contributed by atoms with Crippen molar-refractivity contribution in [1.82, 2.24) is 25.2 Å². The molecule has 1 atom stereocenters. The lowest BCUT2D eigenvalue weighted by molar-refractivity contribution is 0.0950. The van der Waals surface area contributed by atoms with Crippen LogP contribution in [-0.4, -0.2) is 70.8 Å². The molecule has 3 amide bonds. The van der Waals surface area contributed by atoms with E-state index >= 15 is 0 Å². The molecule has 1 saturated heterocycles. The lowest BCUT2D eigenvalue weighted by atomic mass is 10.0. The third-order valence-electron chi connectivity index (χ3n) is 5.34. The van der Waals surface area contributed by atoms with Gasteiger partial charge in [0, 0.05) is 57.6 Å². The summed E-state index contributed by atoms with van der Waals surface area (Å²) in [5, 5.41) is 8.12. The van der Waals surface area contributed by atoms with E-state index in [1.54, 1.807) is 17.2 Å². The Hall–Kier alpha value is -3.63. The molecule has 2 aliphatic rings. The largest absolute Gasteiger partial charge is 0.351 e. The Bertz CT molecular complexity index is 1020. The van der Waals surface area contributed by atoms with Crippen LogP contribution in [0.5, 0.6) is 0 Å². The van der Waals surface area contributed by atoms with E-state index in [4.69, 9.17) is 0 Å². The van der Waals surface area contributed by atoms with Gasteiger partial charge in [0.15, 0.2) is 0 Å². The van der Waals surface area contributed by atoms with E-state index in [0.717, 1.165) is 6.07 Å². The second-order valence-corrected chi connectivity index (χ2v) is 7.45. The minimum atomic E-state index is -0.692. The summed E-state index contributed by atoms with van der Waals surface area (Å²) in [6.07, 6.45) is 3.49. The van der Waals surface area contributed by atoms with E-state index in [2.05, 4.69) is 20.4 Å². The molecule has 9 nitrogen and oxygen atoms in total. The highest BCUT2D eigenvalue weighted by molar-refractivity contribution is 5.92. The van der Waals surface area contributed by atoms with Crippen molar-refractivity contribution in [2.75, 3.05) is 37.6 Å². The van der Waals surface area contributed by atoms with Gasteiger partial charge in [-0.2, -0.15) is 5.10 Å². The predicted octanol–water partition coefficient (Wildman–Crippen LogP) is 2.18. The van der Waals surface area contributed by atoms with Crippen molar-refractivity contribution < 1.29 is 18.4 Å². The second kappa shape index (κ2) is 9.25. The highest BCUT2D eigenvalue weighted by atomic mass is 19.1. The molecule has 0 spiro atoms. The van der Waals surface area contributed by atoms with E-state index in [9.17, 15) is 18.4 Å². The van der Waals surface area contributed by atoms with E-state index in [-0.39, 0.29) is 17.6 Å². The fraction of sp³-hybridized carbons (Fsp3) is 0.381. The average molecular weight is 443 g/mol. The van der Waals surface area contributed by atoms with Gasteiger partial charge in [0.25, 0.3) is 5.91 Å². The molecule has 0 radical (unpaired) electrons. The summed E-state index contributed by atoms with van der Waals surface area (Å²) in [7, 11) is 0. The zero-order chi connectivity index (χ0) is 22.7. The van der Waals surface area contributed by atoms with Crippen LogP contribution in [0.4, 0.5) is 19.5 Å². The molecule has 1 N–H and O–H groups in total. The first-order chi connectivity index (χ1) is 15.5. The van der Waals surface area contributed by atoms with Crippen LogP contribution in [0.3, 0.4) is 0 Å². The number of rotatable bonds is 4. The number of aromatic nitrogens is 2. The molecule has 3 heterocycles. The van der Waals surface area contributed by atoms with Gasteiger partial charge >= 0.3 is 6.03 Å². The van der Waals surface area contributed by atoms with Crippen LogP contribution in [0.25, 0.3) is 0 Å². The van der Waals surface area contributed by atoms with Crippen molar-refractivity contribution in [2.45, 2.75) is 19.4 Å². The Kier molecular flexibility index (Phi) is 6.24. The summed E-state index contributed by atoms with van der Waals surface area (Å²) >= 11 is 0. The third kappa shape index (κ3) is 4.51.